The van der Waals surface area contributed by atoms with E-state index in [-0.39, 0.29) is 18.9 Å². The van der Waals surface area contributed by atoms with Crippen LogP contribution in [0.15, 0.2) is 53.6 Å². The highest BCUT2D eigenvalue weighted by molar-refractivity contribution is 5.84. The fraction of sp³-hybridized carbons (Fsp3) is 0.364. The number of carbonyl (C=O) groups excluding carboxylic acids is 1. The number of nitrogens with two attached hydrogens (primary N) is 1. The first-order valence-corrected chi connectivity index (χ1v) is 10.0. The fourth-order valence-corrected chi connectivity index (χ4v) is 3.87. The number of amides is 1. The molecule has 1 aliphatic rings. The average Bonchev–Trinajstić information content (AvgIpc) is 3.06. The third-order valence-electron chi connectivity index (χ3n) is 5.57. The van der Waals surface area contributed by atoms with Gasteiger partial charge in [-0.05, 0) is 54.0 Å². The van der Waals surface area contributed by atoms with Crippen molar-refractivity contribution in [2.75, 3.05) is 6.61 Å². The fourth-order valence-electron chi connectivity index (χ4n) is 3.87. The Kier molecular flexibility index (Phi) is 6.79. The normalized spacial score (nSPS) is 15.0. The maximum atomic E-state index is 12.5. The van der Waals surface area contributed by atoms with Gasteiger partial charge in [-0.2, -0.15) is 0 Å². The molecule has 1 aliphatic carbocycles. The Morgan fingerprint density at radius 3 is 2.35 bits per heavy atom. The highest BCUT2D eigenvalue weighted by Crippen LogP contribution is 2.44. The first-order valence-electron chi connectivity index (χ1n) is 10.0. The molecular formula is C22H25N5O4. The zero-order valence-corrected chi connectivity index (χ0v) is 17.2. The molecule has 0 aliphatic heterocycles. The predicted octanol–water partition coefficient (Wildman–Crippen LogP) is 4.13. The number of benzene rings is 2. The largest absolute Gasteiger partial charge is 0.480 e. The van der Waals surface area contributed by atoms with E-state index < -0.39 is 23.8 Å². The maximum Gasteiger partial charge on any atom is 0.408 e. The van der Waals surface area contributed by atoms with Gasteiger partial charge in [-0.15, -0.1) is 0 Å². The van der Waals surface area contributed by atoms with E-state index in [9.17, 15) is 14.7 Å². The van der Waals surface area contributed by atoms with E-state index in [1.807, 2.05) is 48.5 Å². The monoisotopic (exact) mass is 423 g/mol. The number of carbonyl (C=O) groups is 2. The van der Waals surface area contributed by atoms with Crippen LogP contribution in [0.4, 0.5) is 4.79 Å². The Bertz CT molecular complexity index is 975. The molecule has 0 fully saturated rings. The molecule has 31 heavy (non-hydrogen) atoms. The lowest BCUT2D eigenvalue weighted by Gasteiger charge is -2.26. The molecule has 0 aromatic heterocycles. The number of hydrogen-bond acceptors (Lipinski definition) is 5. The second-order valence-corrected chi connectivity index (χ2v) is 7.75. The Balaban J connectivity index is 1.63. The van der Waals surface area contributed by atoms with E-state index in [1.54, 1.807) is 0 Å². The Labute approximate surface area is 179 Å². The van der Waals surface area contributed by atoms with Crippen molar-refractivity contribution in [3.63, 3.8) is 0 Å². The van der Waals surface area contributed by atoms with Gasteiger partial charge in [0, 0.05) is 10.8 Å². The van der Waals surface area contributed by atoms with Gasteiger partial charge >= 0.3 is 12.1 Å². The lowest BCUT2D eigenvalue weighted by Crippen LogP contribution is -2.52. The predicted molar refractivity (Wildman–Crippen MR) is 115 cm³/mol. The standard InChI is InChI=1S/C22H25N5O4/c1-22(20(28)29,12-6-11-19(23)26-27-24)25-21(30)31-13-18-16-9-4-2-7-14(16)15-8-3-5-10-17(15)18/h2-5,7-10,18-19H,6,11-13,23H2,1H3,(H,25,30)(H,28,29)/t19?,22-/m1/s1. The van der Waals surface area contributed by atoms with E-state index in [0.29, 0.717) is 12.8 Å². The van der Waals surface area contributed by atoms with Crippen LogP contribution in [0.1, 0.15) is 43.2 Å². The Hall–Kier alpha value is -3.55. The van der Waals surface area contributed by atoms with Gasteiger partial charge in [-0.25, -0.2) is 9.59 Å². The molecule has 0 radical (unpaired) electrons. The lowest BCUT2D eigenvalue weighted by atomic mass is 9.94. The minimum atomic E-state index is -1.53. The topological polar surface area (TPSA) is 150 Å². The smallest absolute Gasteiger partial charge is 0.408 e. The van der Waals surface area contributed by atoms with Crippen LogP contribution in [0.3, 0.4) is 0 Å². The number of rotatable bonds is 9. The van der Waals surface area contributed by atoms with E-state index in [1.165, 1.54) is 6.92 Å². The van der Waals surface area contributed by atoms with Gasteiger partial charge in [0.2, 0.25) is 0 Å². The number of hydrogen-bond donors (Lipinski definition) is 3. The summed E-state index contributed by atoms with van der Waals surface area (Å²) < 4.78 is 5.45. The zero-order valence-electron chi connectivity index (χ0n) is 17.2. The van der Waals surface area contributed by atoms with Crippen molar-refractivity contribution in [3.05, 3.63) is 70.1 Å². The summed E-state index contributed by atoms with van der Waals surface area (Å²) in [5.41, 5.74) is 16.8. The Morgan fingerprint density at radius 2 is 1.81 bits per heavy atom. The van der Waals surface area contributed by atoms with Gasteiger partial charge in [0.15, 0.2) is 0 Å². The second-order valence-electron chi connectivity index (χ2n) is 7.75. The summed E-state index contributed by atoms with van der Waals surface area (Å²) in [7, 11) is 0. The quantitative estimate of drug-likeness (QED) is 0.315. The average molecular weight is 423 g/mol. The van der Waals surface area contributed by atoms with E-state index >= 15 is 0 Å². The molecule has 2 aromatic carbocycles. The molecule has 0 spiro atoms. The minimum absolute atomic E-state index is 0.0946. The van der Waals surface area contributed by atoms with Crippen LogP contribution in [0.25, 0.3) is 21.6 Å². The molecule has 2 atom stereocenters. The van der Waals surface area contributed by atoms with Gasteiger partial charge in [0.05, 0.1) is 6.17 Å². The van der Waals surface area contributed by atoms with Crippen molar-refractivity contribution in [2.24, 2.45) is 10.8 Å². The molecule has 2 aromatic rings. The molecule has 0 saturated carbocycles. The molecule has 0 saturated heterocycles. The highest BCUT2D eigenvalue weighted by atomic mass is 16.5. The molecule has 4 N–H and O–H groups in total. The number of fused-ring (bicyclic) bond motifs is 3. The lowest BCUT2D eigenvalue weighted by molar-refractivity contribution is -0.144. The molecule has 0 heterocycles. The number of alkyl carbamates (subject to hydrolysis) is 1. The number of carboxylic acids is 1. The Morgan fingerprint density at radius 1 is 1.23 bits per heavy atom. The number of ether oxygens (including phenoxy) is 1. The molecule has 0 bridgehead atoms. The molecule has 1 unspecified atom stereocenters. The molecular weight excluding hydrogens is 398 g/mol. The number of carboxylic acid groups (broad SMARTS) is 1. The summed E-state index contributed by atoms with van der Waals surface area (Å²) in [6, 6.07) is 15.9. The summed E-state index contributed by atoms with van der Waals surface area (Å²) in [4.78, 5) is 26.8. The van der Waals surface area contributed by atoms with Gasteiger partial charge in [-0.1, -0.05) is 53.6 Å². The van der Waals surface area contributed by atoms with E-state index in [2.05, 4.69) is 15.3 Å². The third-order valence-corrected chi connectivity index (χ3v) is 5.57. The van der Waals surface area contributed by atoms with Crippen LogP contribution in [0.2, 0.25) is 0 Å². The molecule has 1 amide bonds. The third kappa shape index (κ3) is 4.96. The van der Waals surface area contributed by atoms with Crippen molar-refractivity contribution in [1.82, 2.24) is 5.32 Å². The summed E-state index contributed by atoms with van der Waals surface area (Å²) in [5.74, 6) is -1.30. The summed E-state index contributed by atoms with van der Waals surface area (Å²) in [6.45, 7) is 1.51. The van der Waals surface area contributed by atoms with Crippen molar-refractivity contribution in [2.45, 2.75) is 43.8 Å². The van der Waals surface area contributed by atoms with E-state index in [4.69, 9.17) is 16.0 Å². The molecule has 9 nitrogen and oxygen atoms in total. The van der Waals surface area contributed by atoms with Crippen LogP contribution in [-0.4, -0.2) is 35.5 Å². The number of nitrogens with zero attached hydrogens (tertiary/aromatic N) is 3. The van der Waals surface area contributed by atoms with Gasteiger partial charge in [0.25, 0.3) is 0 Å². The van der Waals surface area contributed by atoms with Crippen molar-refractivity contribution in [1.29, 1.82) is 0 Å². The van der Waals surface area contributed by atoms with E-state index in [0.717, 1.165) is 22.3 Å². The maximum absolute atomic E-state index is 12.5. The molecule has 3 rings (SSSR count). The summed E-state index contributed by atoms with van der Waals surface area (Å²) in [6.07, 6.45) is -0.767. The minimum Gasteiger partial charge on any atom is -0.480 e. The van der Waals surface area contributed by atoms with Gasteiger partial charge < -0.3 is 20.9 Å². The summed E-state index contributed by atoms with van der Waals surface area (Å²) >= 11 is 0. The number of azide groups is 1. The zero-order chi connectivity index (χ0) is 22.4. The highest BCUT2D eigenvalue weighted by Gasteiger charge is 2.36. The first kappa shape index (κ1) is 22.1. The van der Waals surface area contributed by atoms with Gasteiger partial charge in [-0.3, -0.25) is 0 Å². The van der Waals surface area contributed by atoms with Crippen molar-refractivity contribution in [3.8, 4) is 11.1 Å². The first-order chi connectivity index (χ1) is 14.9. The SMILES string of the molecule is C[C@](CCCC(N)N=[N+]=[N-])(NC(=O)OCC1c2ccccc2-c2ccccc21)C(=O)O. The van der Waals surface area contributed by atoms with Crippen molar-refractivity contribution >= 4 is 12.1 Å². The van der Waals surface area contributed by atoms with Crippen LogP contribution >= 0.6 is 0 Å². The second kappa shape index (κ2) is 9.51. The number of aliphatic carboxylic acids is 1. The molecule has 9 heteroatoms. The molecule has 162 valence electrons. The van der Waals surface area contributed by atoms with Crippen molar-refractivity contribution < 1.29 is 19.4 Å². The van der Waals surface area contributed by atoms with Crippen LogP contribution in [-0.2, 0) is 9.53 Å². The summed E-state index contributed by atoms with van der Waals surface area (Å²) in [5, 5.41) is 15.4. The van der Waals surface area contributed by atoms with Crippen LogP contribution in [0, 0.1) is 0 Å². The van der Waals surface area contributed by atoms with Gasteiger partial charge in [0.1, 0.15) is 12.1 Å². The number of nitrogens with one attached hydrogen (secondary N) is 1. The van der Waals surface area contributed by atoms with Crippen LogP contribution < -0.4 is 11.1 Å². The van der Waals surface area contributed by atoms with Crippen LogP contribution in [0.5, 0.6) is 0 Å².